The van der Waals surface area contributed by atoms with E-state index in [1.54, 1.807) is 12.2 Å². The standard InChI is InChI=1S/C13H13FN2/c14-10-1-2-13-11(7-10)12(8-16-13)9-3-5-15-6-4-9/h1,3,7-8,15H,2,4-6H2. The zero-order chi connectivity index (χ0) is 11.0. The molecule has 0 fully saturated rings. The topological polar surface area (TPSA) is 24.4 Å². The number of halogens is 1. The fourth-order valence-corrected chi connectivity index (χ4v) is 2.27. The Morgan fingerprint density at radius 2 is 2.19 bits per heavy atom. The van der Waals surface area contributed by atoms with Crippen LogP contribution in [-0.4, -0.2) is 18.8 Å². The highest BCUT2D eigenvalue weighted by molar-refractivity contribution is 6.09. The zero-order valence-corrected chi connectivity index (χ0v) is 8.96. The smallest absolute Gasteiger partial charge is 0.120 e. The van der Waals surface area contributed by atoms with Crippen molar-refractivity contribution in [3.05, 3.63) is 47.0 Å². The molecule has 1 aliphatic carbocycles. The molecule has 0 aromatic heterocycles. The summed E-state index contributed by atoms with van der Waals surface area (Å²) >= 11 is 0. The lowest BCUT2D eigenvalue weighted by Gasteiger charge is -2.17. The number of allylic oxidation sites excluding steroid dienone is 5. The number of fused-ring (bicyclic) bond motifs is 1. The van der Waals surface area contributed by atoms with Crippen LogP contribution in [0, 0.1) is 0 Å². The van der Waals surface area contributed by atoms with Crippen LogP contribution in [0.2, 0.25) is 0 Å². The molecule has 0 radical (unpaired) electrons. The molecule has 0 amide bonds. The van der Waals surface area contributed by atoms with Crippen LogP contribution in [0.5, 0.6) is 0 Å². The third-order valence-corrected chi connectivity index (χ3v) is 3.13. The summed E-state index contributed by atoms with van der Waals surface area (Å²) in [4.78, 5) is 4.36. The molecule has 0 aromatic rings. The summed E-state index contributed by atoms with van der Waals surface area (Å²) in [7, 11) is 0. The molecule has 0 aromatic carbocycles. The van der Waals surface area contributed by atoms with E-state index in [0.29, 0.717) is 6.42 Å². The summed E-state index contributed by atoms with van der Waals surface area (Å²) in [6.45, 7) is 1.89. The highest BCUT2D eigenvalue weighted by atomic mass is 19.1. The number of aliphatic imine (C=N–C) groups is 1. The van der Waals surface area contributed by atoms with Crippen molar-refractivity contribution in [2.45, 2.75) is 12.8 Å². The quantitative estimate of drug-likeness (QED) is 0.715. The highest BCUT2D eigenvalue weighted by Gasteiger charge is 2.23. The molecule has 1 N–H and O–H groups in total. The molecule has 0 unspecified atom stereocenters. The first kappa shape index (κ1) is 9.73. The van der Waals surface area contributed by atoms with E-state index in [1.165, 1.54) is 5.57 Å². The van der Waals surface area contributed by atoms with Crippen LogP contribution in [-0.2, 0) is 0 Å². The van der Waals surface area contributed by atoms with E-state index < -0.39 is 0 Å². The third-order valence-electron chi connectivity index (χ3n) is 3.13. The molecule has 2 heterocycles. The number of nitrogens with zero attached hydrogens (tertiary/aromatic N) is 1. The number of rotatable bonds is 1. The van der Waals surface area contributed by atoms with E-state index in [2.05, 4.69) is 16.4 Å². The average molecular weight is 216 g/mol. The third kappa shape index (κ3) is 1.57. The van der Waals surface area contributed by atoms with Crippen molar-refractivity contribution >= 4 is 5.71 Å². The summed E-state index contributed by atoms with van der Waals surface area (Å²) in [6, 6.07) is 0. The maximum absolute atomic E-state index is 13.2. The van der Waals surface area contributed by atoms with Gasteiger partial charge in [0.25, 0.3) is 0 Å². The van der Waals surface area contributed by atoms with E-state index in [0.717, 1.165) is 36.4 Å². The average Bonchev–Trinajstić information content (AvgIpc) is 2.73. The van der Waals surface area contributed by atoms with Crippen LogP contribution in [0.15, 0.2) is 52.0 Å². The Balaban J connectivity index is 1.94. The maximum Gasteiger partial charge on any atom is 0.120 e. The summed E-state index contributed by atoms with van der Waals surface area (Å²) < 4.78 is 13.2. The summed E-state index contributed by atoms with van der Waals surface area (Å²) in [6.07, 6.45) is 8.84. The van der Waals surface area contributed by atoms with Gasteiger partial charge in [-0.2, -0.15) is 0 Å². The van der Waals surface area contributed by atoms with Crippen LogP contribution in [0.3, 0.4) is 0 Å². The molecule has 3 aliphatic rings. The molecule has 2 nitrogen and oxygen atoms in total. The summed E-state index contributed by atoms with van der Waals surface area (Å²) in [5.74, 6) is -0.142. The first-order valence-electron chi connectivity index (χ1n) is 5.59. The lowest BCUT2D eigenvalue weighted by Crippen LogP contribution is -2.21. The molecule has 0 saturated heterocycles. The Morgan fingerprint density at radius 3 is 3.00 bits per heavy atom. The van der Waals surface area contributed by atoms with Gasteiger partial charge in [-0.25, -0.2) is 4.39 Å². The van der Waals surface area contributed by atoms with Crippen molar-refractivity contribution in [2.75, 3.05) is 13.1 Å². The normalized spacial score (nSPS) is 23.9. The molecule has 0 atom stereocenters. The lowest BCUT2D eigenvalue weighted by atomic mass is 9.90. The Morgan fingerprint density at radius 1 is 1.25 bits per heavy atom. The Kier molecular flexibility index (Phi) is 2.33. The molecule has 82 valence electrons. The van der Waals surface area contributed by atoms with Gasteiger partial charge in [-0.15, -0.1) is 0 Å². The second kappa shape index (κ2) is 3.83. The predicted molar refractivity (Wildman–Crippen MR) is 63.0 cm³/mol. The van der Waals surface area contributed by atoms with Crippen molar-refractivity contribution in [3.63, 3.8) is 0 Å². The Hall–Kier alpha value is -1.48. The molecule has 16 heavy (non-hydrogen) atoms. The van der Waals surface area contributed by atoms with Crippen LogP contribution >= 0.6 is 0 Å². The largest absolute Gasteiger partial charge is 0.313 e. The highest BCUT2D eigenvalue weighted by Crippen LogP contribution is 2.33. The first-order chi connectivity index (χ1) is 7.84. The second-order valence-electron chi connectivity index (χ2n) is 4.15. The molecular formula is C13H13FN2. The fraction of sp³-hybridized carbons (Fsp3) is 0.308. The van der Waals surface area contributed by atoms with Crippen molar-refractivity contribution in [3.8, 4) is 0 Å². The van der Waals surface area contributed by atoms with Crippen LogP contribution in [0.25, 0.3) is 0 Å². The van der Waals surface area contributed by atoms with Gasteiger partial charge < -0.3 is 5.32 Å². The minimum absolute atomic E-state index is 0.142. The molecule has 2 aliphatic heterocycles. The summed E-state index contributed by atoms with van der Waals surface area (Å²) in [5.41, 5.74) is 4.38. The molecule has 3 rings (SSSR count). The van der Waals surface area contributed by atoms with Crippen molar-refractivity contribution < 1.29 is 4.39 Å². The van der Waals surface area contributed by atoms with Gasteiger partial charge >= 0.3 is 0 Å². The molecular weight excluding hydrogens is 203 g/mol. The van der Waals surface area contributed by atoms with Gasteiger partial charge in [0.05, 0.1) is 5.71 Å². The van der Waals surface area contributed by atoms with Gasteiger partial charge in [-0.3, -0.25) is 4.99 Å². The minimum atomic E-state index is -0.142. The van der Waals surface area contributed by atoms with E-state index >= 15 is 0 Å². The number of hydrogen-bond acceptors (Lipinski definition) is 2. The molecule has 3 heteroatoms. The molecule has 0 saturated carbocycles. The Labute approximate surface area is 94.0 Å². The Bertz CT molecular complexity index is 478. The molecule has 0 bridgehead atoms. The SMILES string of the molecule is FC1=CCC2=NC=C(C3=CCNCC3)C2=C1. The van der Waals surface area contributed by atoms with E-state index in [4.69, 9.17) is 0 Å². The van der Waals surface area contributed by atoms with Crippen molar-refractivity contribution in [1.82, 2.24) is 5.32 Å². The minimum Gasteiger partial charge on any atom is -0.313 e. The van der Waals surface area contributed by atoms with Crippen LogP contribution in [0.1, 0.15) is 12.8 Å². The van der Waals surface area contributed by atoms with Gasteiger partial charge in [0.15, 0.2) is 0 Å². The lowest BCUT2D eigenvalue weighted by molar-refractivity contribution is 0.660. The number of nitrogens with one attached hydrogen (secondary N) is 1. The number of hydrogen-bond donors (Lipinski definition) is 1. The summed E-state index contributed by atoms with van der Waals surface area (Å²) in [5, 5.41) is 3.27. The monoisotopic (exact) mass is 216 g/mol. The van der Waals surface area contributed by atoms with Crippen molar-refractivity contribution in [1.29, 1.82) is 0 Å². The maximum atomic E-state index is 13.2. The van der Waals surface area contributed by atoms with Gasteiger partial charge in [0.1, 0.15) is 5.83 Å². The van der Waals surface area contributed by atoms with Gasteiger partial charge in [-0.1, -0.05) is 6.08 Å². The molecule has 0 spiro atoms. The van der Waals surface area contributed by atoms with Gasteiger partial charge in [0.2, 0.25) is 0 Å². The van der Waals surface area contributed by atoms with E-state index in [-0.39, 0.29) is 5.83 Å². The van der Waals surface area contributed by atoms with Gasteiger partial charge in [0, 0.05) is 30.3 Å². The second-order valence-corrected chi connectivity index (χ2v) is 4.15. The van der Waals surface area contributed by atoms with Crippen LogP contribution < -0.4 is 5.32 Å². The van der Waals surface area contributed by atoms with Crippen molar-refractivity contribution in [2.24, 2.45) is 4.99 Å². The fourth-order valence-electron chi connectivity index (χ4n) is 2.27. The van der Waals surface area contributed by atoms with E-state index in [9.17, 15) is 4.39 Å². The zero-order valence-electron chi connectivity index (χ0n) is 8.96. The predicted octanol–water partition coefficient (Wildman–Crippen LogP) is 2.43. The van der Waals surface area contributed by atoms with Gasteiger partial charge in [-0.05, 0) is 30.7 Å². The van der Waals surface area contributed by atoms with Crippen LogP contribution in [0.4, 0.5) is 4.39 Å². The first-order valence-corrected chi connectivity index (χ1v) is 5.59. The van der Waals surface area contributed by atoms with E-state index in [1.807, 2.05) is 6.20 Å².